The highest BCUT2D eigenvalue weighted by molar-refractivity contribution is 8.76. The van der Waals surface area contributed by atoms with Crippen molar-refractivity contribution in [2.75, 3.05) is 0 Å². The van der Waals surface area contributed by atoms with Crippen molar-refractivity contribution in [2.24, 2.45) is 0 Å². The standard InChI is InChI=1S/C26H22S2/c1-19-11-3-5-13-21(19)23-15-7-9-17-25(23)27-28-26-18-10-8-16-24(26)22-14-6-4-12-20(22)2/h3-18H,1-2H3. The predicted molar refractivity (Wildman–Crippen MR) is 125 cm³/mol. The van der Waals surface area contributed by atoms with E-state index in [1.165, 1.54) is 43.2 Å². The highest BCUT2D eigenvalue weighted by atomic mass is 33.1. The first kappa shape index (κ1) is 18.9. The zero-order valence-corrected chi connectivity index (χ0v) is 17.7. The van der Waals surface area contributed by atoms with Crippen molar-refractivity contribution in [1.29, 1.82) is 0 Å². The molecule has 0 N–H and O–H groups in total. The van der Waals surface area contributed by atoms with Gasteiger partial charge in [-0.2, -0.15) is 0 Å². The van der Waals surface area contributed by atoms with Crippen molar-refractivity contribution < 1.29 is 0 Å². The van der Waals surface area contributed by atoms with Crippen LogP contribution in [0.1, 0.15) is 11.1 Å². The van der Waals surface area contributed by atoms with Gasteiger partial charge in [-0.15, -0.1) is 0 Å². The van der Waals surface area contributed by atoms with Gasteiger partial charge in [-0.3, -0.25) is 0 Å². The van der Waals surface area contributed by atoms with Crippen molar-refractivity contribution in [3.8, 4) is 22.3 Å². The van der Waals surface area contributed by atoms with Crippen LogP contribution in [0.5, 0.6) is 0 Å². The van der Waals surface area contributed by atoms with Crippen LogP contribution in [0.25, 0.3) is 22.3 Å². The molecule has 4 rings (SSSR count). The maximum atomic E-state index is 2.22. The number of benzene rings is 4. The summed E-state index contributed by atoms with van der Waals surface area (Å²) in [6.45, 7) is 4.36. The summed E-state index contributed by atoms with van der Waals surface area (Å²) in [6.07, 6.45) is 0. The van der Waals surface area contributed by atoms with Crippen molar-refractivity contribution in [3.63, 3.8) is 0 Å². The van der Waals surface area contributed by atoms with E-state index in [2.05, 4.69) is 111 Å². The lowest BCUT2D eigenvalue weighted by atomic mass is 10.0. The Hall–Kier alpha value is -2.42. The Bertz CT molecular complexity index is 1010. The van der Waals surface area contributed by atoms with Gasteiger partial charge in [0.2, 0.25) is 0 Å². The third-order valence-corrected chi connectivity index (χ3v) is 7.35. The van der Waals surface area contributed by atoms with E-state index in [1.807, 2.05) is 21.6 Å². The van der Waals surface area contributed by atoms with Gasteiger partial charge in [0.05, 0.1) is 0 Å². The van der Waals surface area contributed by atoms with Gasteiger partial charge < -0.3 is 0 Å². The summed E-state index contributed by atoms with van der Waals surface area (Å²) >= 11 is 0. The number of aryl methyl sites for hydroxylation is 2. The van der Waals surface area contributed by atoms with Crippen LogP contribution in [-0.4, -0.2) is 0 Å². The number of hydrogen-bond acceptors (Lipinski definition) is 2. The van der Waals surface area contributed by atoms with E-state index in [0.29, 0.717) is 0 Å². The molecule has 0 heterocycles. The van der Waals surface area contributed by atoms with Crippen molar-refractivity contribution in [1.82, 2.24) is 0 Å². The molecular formula is C26H22S2. The van der Waals surface area contributed by atoms with Crippen LogP contribution >= 0.6 is 21.6 Å². The molecule has 0 aliphatic heterocycles. The van der Waals surface area contributed by atoms with Crippen molar-refractivity contribution in [3.05, 3.63) is 108 Å². The van der Waals surface area contributed by atoms with E-state index in [4.69, 9.17) is 0 Å². The molecule has 0 aliphatic carbocycles. The lowest BCUT2D eigenvalue weighted by Crippen LogP contribution is -1.86. The molecular weight excluding hydrogens is 376 g/mol. The summed E-state index contributed by atoms with van der Waals surface area (Å²) in [5.41, 5.74) is 7.82. The average Bonchev–Trinajstić information content (AvgIpc) is 2.74. The van der Waals surface area contributed by atoms with Gasteiger partial charge in [-0.1, -0.05) is 107 Å². The van der Waals surface area contributed by atoms with Crippen LogP contribution in [0.2, 0.25) is 0 Å². The van der Waals surface area contributed by atoms with E-state index in [-0.39, 0.29) is 0 Å². The Labute approximate surface area is 175 Å². The molecule has 4 aromatic carbocycles. The first-order valence-electron chi connectivity index (χ1n) is 9.38. The Morgan fingerprint density at radius 1 is 0.393 bits per heavy atom. The van der Waals surface area contributed by atoms with Crippen LogP contribution in [0.15, 0.2) is 107 Å². The van der Waals surface area contributed by atoms with E-state index in [1.54, 1.807) is 0 Å². The van der Waals surface area contributed by atoms with Gasteiger partial charge in [0.25, 0.3) is 0 Å². The molecule has 2 heteroatoms. The monoisotopic (exact) mass is 398 g/mol. The van der Waals surface area contributed by atoms with Gasteiger partial charge in [-0.25, -0.2) is 0 Å². The van der Waals surface area contributed by atoms with Crippen LogP contribution in [0.3, 0.4) is 0 Å². The quantitative estimate of drug-likeness (QED) is 0.309. The number of hydrogen-bond donors (Lipinski definition) is 0. The second-order valence-electron chi connectivity index (χ2n) is 6.79. The van der Waals surface area contributed by atoms with Gasteiger partial charge in [0, 0.05) is 9.79 Å². The van der Waals surface area contributed by atoms with Crippen molar-refractivity contribution >= 4 is 21.6 Å². The summed E-state index contributed by atoms with van der Waals surface area (Å²) in [5, 5.41) is 0. The van der Waals surface area contributed by atoms with E-state index < -0.39 is 0 Å². The Kier molecular flexibility index (Phi) is 5.90. The van der Waals surface area contributed by atoms with Crippen LogP contribution in [-0.2, 0) is 0 Å². The molecule has 0 nitrogen and oxygen atoms in total. The van der Waals surface area contributed by atoms with E-state index in [9.17, 15) is 0 Å². The molecule has 0 bridgehead atoms. The summed E-state index contributed by atoms with van der Waals surface area (Å²) in [6, 6.07) is 34.6. The SMILES string of the molecule is Cc1ccccc1-c1ccccc1SSc1ccccc1-c1ccccc1C. The molecule has 0 unspecified atom stereocenters. The van der Waals surface area contributed by atoms with Crippen LogP contribution in [0.4, 0.5) is 0 Å². The summed E-state index contributed by atoms with van der Waals surface area (Å²) in [5.74, 6) is 0. The molecule has 0 aromatic heterocycles. The molecule has 0 spiro atoms. The normalized spacial score (nSPS) is 10.8. The lowest BCUT2D eigenvalue weighted by Gasteiger charge is -2.13. The summed E-state index contributed by atoms with van der Waals surface area (Å²) in [7, 11) is 3.67. The van der Waals surface area contributed by atoms with Gasteiger partial charge >= 0.3 is 0 Å². The minimum atomic E-state index is 1.29. The average molecular weight is 399 g/mol. The Morgan fingerprint density at radius 2 is 0.714 bits per heavy atom. The second kappa shape index (κ2) is 8.72. The van der Waals surface area contributed by atoms with Crippen molar-refractivity contribution in [2.45, 2.75) is 23.6 Å². The van der Waals surface area contributed by atoms with E-state index in [0.717, 1.165) is 0 Å². The maximum Gasteiger partial charge on any atom is 0.0264 e. The lowest BCUT2D eigenvalue weighted by molar-refractivity contribution is 1.39. The van der Waals surface area contributed by atoms with Gasteiger partial charge in [-0.05, 0) is 59.4 Å². The minimum Gasteiger partial charge on any atom is -0.0620 e. The fourth-order valence-corrected chi connectivity index (χ4v) is 5.76. The number of rotatable bonds is 5. The molecule has 28 heavy (non-hydrogen) atoms. The fraction of sp³-hybridized carbons (Fsp3) is 0.0769. The highest BCUT2D eigenvalue weighted by Crippen LogP contribution is 2.45. The first-order valence-corrected chi connectivity index (χ1v) is 11.5. The Balaban J connectivity index is 1.66. The molecule has 0 radical (unpaired) electrons. The predicted octanol–water partition coefficient (Wildman–Crippen LogP) is 8.44. The highest BCUT2D eigenvalue weighted by Gasteiger charge is 2.11. The second-order valence-corrected chi connectivity index (χ2v) is 9.00. The molecule has 0 atom stereocenters. The topological polar surface area (TPSA) is 0 Å². The Morgan fingerprint density at radius 3 is 1.11 bits per heavy atom. The molecule has 0 amide bonds. The van der Waals surface area contributed by atoms with Crippen LogP contribution in [0, 0.1) is 13.8 Å². The van der Waals surface area contributed by atoms with Gasteiger partial charge in [0.1, 0.15) is 0 Å². The molecule has 0 aliphatic rings. The third-order valence-electron chi connectivity index (χ3n) is 4.87. The molecule has 4 aromatic rings. The first-order chi connectivity index (χ1) is 13.7. The van der Waals surface area contributed by atoms with Gasteiger partial charge in [0.15, 0.2) is 0 Å². The molecule has 0 saturated carbocycles. The zero-order valence-electron chi connectivity index (χ0n) is 16.1. The smallest absolute Gasteiger partial charge is 0.0264 e. The maximum absolute atomic E-state index is 2.22. The fourth-order valence-electron chi connectivity index (χ4n) is 3.36. The molecule has 138 valence electrons. The largest absolute Gasteiger partial charge is 0.0620 e. The summed E-state index contributed by atoms with van der Waals surface area (Å²) in [4.78, 5) is 2.59. The van der Waals surface area contributed by atoms with Crippen LogP contribution < -0.4 is 0 Å². The minimum absolute atomic E-state index is 1.29. The summed E-state index contributed by atoms with van der Waals surface area (Å²) < 4.78 is 0. The molecule has 0 fully saturated rings. The van der Waals surface area contributed by atoms with E-state index >= 15 is 0 Å². The molecule has 0 saturated heterocycles. The third kappa shape index (κ3) is 4.04. The zero-order chi connectivity index (χ0) is 19.3.